The minimum atomic E-state index is -4.47. The molecule has 0 saturated carbocycles. The number of urea groups is 1. The van der Waals surface area contributed by atoms with Crippen molar-refractivity contribution in [2.75, 3.05) is 51.2 Å². The number of hydrogen-bond acceptors (Lipinski definition) is 6. The van der Waals surface area contributed by atoms with Crippen LogP contribution in [0.15, 0.2) is 0 Å². The molecule has 2 aliphatic heterocycles. The lowest BCUT2D eigenvalue weighted by Crippen LogP contribution is -2.55. The first kappa shape index (κ1) is 18.2. The first-order valence-corrected chi connectivity index (χ1v) is 9.04. The van der Waals surface area contributed by atoms with Crippen LogP contribution in [0, 0.1) is 0 Å². The van der Waals surface area contributed by atoms with Gasteiger partial charge in [-0.15, -0.1) is 10.2 Å². The normalized spacial score (nSPS) is 23.0. The van der Waals surface area contributed by atoms with Crippen molar-refractivity contribution in [2.45, 2.75) is 25.1 Å². The van der Waals surface area contributed by atoms with E-state index in [2.05, 4.69) is 20.4 Å². The van der Waals surface area contributed by atoms with E-state index in [4.69, 9.17) is 0 Å². The first-order valence-electron chi connectivity index (χ1n) is 8.22. The van der Waals surface area contributed by atoms with E-state index < -0.39 is 11.2 Å². The Balaban J connectivity index is 1.49. The third kappa shape index (κ3) is 4.51. The van der Waals surface area contributed by atoms with Gasteiger partial charge in [0, 0.05) is 38.8 Å². The SMILES string of the molecule is CN1CCC[C@@H](NC(=O)N2CCN(c3nnc(C(F)(F)F)s3)CC2)C1. The Morgan fingerprint density at radius 3 is 2.52 bits per heavy atom. The zero-order valence-corrected chi connectivity index (χ0v) is 14.7. The maximum Gasteiger partial charge on any atom is 0.445 e. The fraction of sp³-hybridized carbons (Fsp3) is 0.786. The Bertz CT molecular complexity index is 602. The molecule has 11 heteroatoms. The number of alkyl halides is 3. The highest BCUT2D eigenvalue weighted by Crippen LogP contribution is 2.34. The fourth-order valence-corrected chi connectivity index (χ4v) is 3.87. The van der Waals surface area contributed by atoms with Gasteiger partial charge < -0.3 is 20.0 Å². The van der Waals surface area contributed by atoms with Gasteiger partial charge in [0.25, 0.3) is 0 Å². The number of carbonyl (C=O) groups excluding carboxylic acids is 1. The van der Waals surface area contributed by atoms with Crippen molar-refractivity contribution in [2.24, 2.45) is 0 Å². The summed E-state index contributed by atoms with van der Waals surface area (Å²) in [4.78, 5) is 18.0. The topological polar surface area (TPSA) is 64.6 Å². The van der Waals surface area contributed by atoms with Crippen LogP contribution >= 0.6 is 11.3 Å². The number of likely N-dealkylation sites (N-methyl/N-ethyl adjacent to an activating group) is 1. The molecule has 2 aliphatic rings. The number of halogens is 3. The summed E-state index contributed by atoms with van der Waals surface area (Å²) in [6.45, 7) is 3.70. The highest BCUT2D eigenvalue weighted by molar-refractivity contribution is 7.15. The Labute approximate surface area is 147 Å². The molecule has 3 heterocycles. The molecule has 2 saturated heterocycles. The standard InChI is InChI=1S/C14H21F3N6OS/c1-21-4-2-3-10(9-21)18-12(24)22-5-7-23(8-6-22)13-20-19-11(25-13)14(15,16)17/h10H,2-9H2,1H3,(H,18,24)/t10-/m1/s1. The van der Waals surface area contributed by atoms with Crippen LogP contribution in [0.5, 0.6) is 0 Å². The van der Waals surface area contributed by atoms with Crippen molar-refractivity contribution < 1.29 is 18.0 Å². The number of hydrogen-bond donors (Lipinski definition) is 1. The molecule has 1 aromatic rings. The molecule has 0 bridgehead atoms. The van der Waals surface area contributed by atoms with Gasteiger partial charge in [0.1, 0.15) is 0 Å². The highest BCUT2D eigenvalue weighted by Gasteiger charge is 2.36. The summed E-state index contributed by atoms with van der Waals surface area (Å²) < 4.78 is 37.8. The highest BCUT2D eigenvalue weighted by atomic mass is 32.1. The van der Waals surface area contributed by atoms with Crippen LogP contribution in [0.4, 0.5) is 23.1 Å². The predicted octanol–water partition coefficient (Wildman–Crippen LogP) is 1.48. The lowest BCUT2D eigenvalue weighted by molar-refractivity contribution is -0.138. The minimum absolute atomic E-state index is 0.104. The van der Waals surface area contributed by atoms with Crippen molar-refractivity contribution in [3.63, 3.8) is 0 Å². The maximum absolute atomic E-state index is 12.6. The molecule has 0 radical (unpaired) electrons. The van der Waals surface area contributed by atoms with Crippen LogP contribution in [0.2, 0.25) is 0 Å². The summed E-state index contributed by atoms with van der Waals surface area (Å²) in [5.74, 6) is 0. The lowest BCUT2D eigenvalue weighted by Gasteiger charge is -2.36. The molecule has 3 rings (SSSR count). The molecule has 2 amide bonds. The van der Waals surface area contributed by atoms with E-state index in [1.807, 2.05) is 7.05 Å². The van der Waals surface area contributed by atoms with Gasteiger partial charge in [0.05, 0.1) is 0 Å². The first-order chi connectivity index (χ1) is 11.8. The average molecular weight is 378 g/mol. The van der Waals surface area contributed by atoms with E-state index in [1.54, 1.807) is 9.80 Å². The quantitative estimate of drug-likeness (QED) is 0.845. The Kier molecular flexibility index (Phi) is 5.32. The van der Waals surface area contributed by atoms with E-state index in [0.717, 1.165) is 25.9 Å². The van der Waals surface area contributed by atoms with Crippen LogP contribution in [-0.4, -0.2) is 78.4 Å². The summed E-state index contributed by atoms with van der Waals surface area (Å²) in [5, 5.41) is 9.19. The predicted molar refractivity (Wildman–Crippen MR) is 87.7 cm³/mol. The molecular formula is C14H21F3N6OS. The number of likely N-dealkylation sites (tertiary alicyclic amines) is 1. The molecule has 1 atom stereocenters. The minimum Gasteiger partial charge on any atom is -0.343 e. The van der Waals surface area contributed by atoms with E-state index in [-0.39, 0.29) is 17.2 Å². The van der Waals surface area contributed by atoms with Crippen molar-refractivity contribution >= 4 is 22.5 Å². The Hall–Kier alpha value is -1.62. The monoisotopic (exact) mass is 378 g/mol. The molecule has 0 aliphatic carbocycles. The summed E-state index contributed by atoms with van der Waals surface area (Å²) in [6, 6.07) is 0.0509. The average Bonchev–Trinajstić information content (AvgIpc) is 3.05. The lowest BCUT2D eigenvalue weighted by atomic mass is 10.1. The molecule has 140 valence electrons. The summed E-state index contributed by atoms with van der Waals surface area (Å²) in [5.41, 5.74) is 0. The summed E-state index contributed by atoms with van der Waals surface area (Å²) in [7, 11) is 2.04. The third-order valence-electron chi connectivity index (χ3n) is 4.45. The molecule has 1 N–H and O–H groups in total. The molecule has 25 heavy (non-hydrogen) atoms. The van der Waals surface area contributed by atoms with E-state index in [1.165, 1.54) is 0 Å². The summed E-state index contributed by atoms with van der Waals surface area (Å²) in [6.07, 6.45) is -2.43. The number of rotatable bonds is 2. The van der Waals surface area contributed by atoms with Crippen molar-refractivity contribution in [1.82, 2.24) is 25.3 Å². The summed E-state index contributed by atoms with van der Waals surface area (Å²) >= 11 is 0.539. The molecule has 0 aromatic carbocycles. The van der Waals surface area contributed by atoms with Gasteiger partial charge in [-0.2, -0.15) is 13.2 Å². The smallest absolute Gasteiger partial charge is 0.343 e. The van der Waals surface area contributed by atoms with Gasteiger partial charge in [0.15, 0.2) is 0 Å². The Morgan fingerprint density at radius 2 is 1.92 bits per heavy atom. The van der Waals surface area contributed by atoms with Gasteiger partial charge in [-0.05, 0) is 26.4 Å². The zero-order chi connectivity index (χ0) is 18.0. The molecule has 0 unspecified atom stereocenters. The number of anilines is 1. The molecule has 1 aromatic heterocycles. The van der Waals surface area contributed by atoms with E-state index in [0.29, 0.717) is 37.5 Å². The van der Waals surface area contributed by atoms with Crippen LogP contribution in [0.1, 0.15) is 17.8 Å². The van der Waals surface area contributed by atoms with Gasteiger partial charge in [-0.3, -0.25) is 0 Å². The second kappa shape index (κ2) is 7.32. The molecule has 0 spiro atoms. The number of nitrogens with zero attached hydrogens (tertiary/aromatic N) is 5. The second-order valence-electron chi connectivity index (χ2n) is 6.41. The number of aromatic nitrogens is 2. The zero-order valence-electron chi connectivity index (χ0n) is 13.9. The van der Waals surface area contributed by atoms with Crippen LogP contribution in [0.25, 0.3) is 0 Å². The molecular weight excluding hydrogens is 357 g/mol. The molecule has 7 nitrogen and oxygen atoms in total. The number of piperidine rings is 1. The van der Waals surface area contributed by atoms with Crippen molar-refractivity contribution in [3.8, 4) is 0 Å². The maximum atomic E-state index is 12.6. The van der Waals surface area contributed by atoms with Crippen LogP contribution in [-0.2, 0) is 6.18 Å². The largest absolute Gasteiger partial charge is 0.445 e. The van der Waals surface area contributed by atoms with Gasteiger partial charge in [0.2, 0.25) is 10.1 Å². The van der Waals surface area contributed by atoms with Crippen molar-refractivity contribution in [1.29, 1.82) is 0 Å². The Morgan fingerprint density at radius 1 is 1.20 bits per heavy atom. The van der Waals surface area contributed by atoms with Gasteiger partial charge in [-0.25, -0.2) is 4.79 Å². The molecule has 2 fully saturated rings. The number of amides is 2. The van der Waals surface area contributed by atoms with Gasteiger partial charge in [-0.1, -0.05) is 11.3 Å². The number of nitrogens with one attached hydrogen (secondary N) is 1. The fourth-order valence-electron chi connectivity index (χ4n) is 3.11. The second-order valence-corrected chi connectivity index (χ2v) is 7.37. The number of carbonyl (C=O) groups is 1. The van der Waals surface area contributed by atoms with Gasteiger partial charge >= 0.3 is 12.2 Å². The third-order valence-corrected chi connectivity index (χ3v) is 5.48. The van der Waals surface area contributed by atoms with E-state index in [9.17, 15) is 18.0 Å². The van der Waals surface area contributed by atoms with Crippen molar-refractivity contribution in [3.05, 3.63) is 5.01 Å². The van der Waals surface area contributed by atoms with Crippen LogP contribution in [0.3, 0.4) is 0 Å². The van der Waals surface area contributed by atoms with E-state index >= 15 is 0 Å². The van der Waals surface area contributed by atoms with Crippen LogP contribution < -0.4 is 10.2 Å². The number of piperazine rings is 1.